The van der Waals surface area contributed by atoms with Crippen LogP contribution >= 0.6 is 0 Å². The number of nitrogens with zero attached hydrogens (tertiary/aromatic N) is 1. The second kappa shape index (κ2) is 15.5. The monoisotopic (exact) mass is 597 g/mol. The summed E-state index contributed by atoms with van der Waals surface area (Å²) in [6.07, 6.45) is 2.91. The van der Waals surface area contributed by atoms with E-state index in [1.807, 2.05) is 62.4 Å². The minimum absolute atomic E-state index is 0.115. The Labute approximate surface area is 249 Å². The number of methoxy groups -OCH3 is 2. The Morgan fingerprint density at radius 1 is 1.17 bits per heavy atom. The molecule has 3 aromatic rings. The van der Waals surface area contributed by atoms with E-state index in [0.717, 1.165) is 46.7 Å². The molecule has 42 heavy (non-hydrogen) atoms. The molecule has 1 aliphatic rings. The van der Waals surface area contributed by atoms with Crippen LogP contribution in [0.3, 0.4) is 0 Å². The molecule has 10 heteroatoms. The van der Waals surface area contributed by atoms with Crippen molar-refractivity contribution in [3.8, 4) is 17.2 Å². The van der Waals surface area contributed by atoms with E-state index in [4.69, 9.17) is 27.8 Å². The highest BCUT2D eigenvalue weighted by Gasteiger charge is 2.35. The highest BCUT2D eigenvalue weighted by atomic mass is 28.4. The van der Waals surface area contributed by atoms with Gasteiger partial charge in [-0.15, -0.1) is 0 Å². The van der Waals surface area contributed by atoms with E-state index in [2.05, 4.69) is 24.6 Å². The summed E-state index contributed by atoms with van der Waals surface area (Å²) in [6.45, 7) is 10.8. The van der Waals surface area contributed by atoms with Crippen molar-refractivity contribution in [2.24, 2.45) is 0 Å². The van der Waals surface area contributed by atoms with E-state index in [0.29, 0.717) is 31.5 Å². The number of oxazole rings is 1. The third-order valence-electron chi connectivity index (χ3n) is 6.54. The topological polar surface area (TPSA) is 109 Å². The fourth-order valence-corrected chi connectivity index (χ4v) is 5.45. The number of aromatic nitrogens is 1. The van der Waals surface area contributed by atoms with Crippen molar-refractivity contribution < 1.29 is 37.7 Å². The van der Waals surface area contributed by atoms with Gasteiger partial charge in [0, 0.05) is 24.5 Å². The number of fused-ring (bicyclic) bond motifs is 1. The summed E-state index contributed by atoms with van der Waals surface area (Å²) < 4.78 is 32.4. The number of carboxylic acids is 1. The van der Waals surface area contributed by atoms with Crippen molar-refractivity contribution >= 4 is 14.3 Å². The van der Waals surface area contributed by atoms with Crippen LogP contribution in [0.5, 0.6) is 5.75 Å². The minimum atomic E-state index is -1.55. The number of carbonyl (C=O) groups is 1. The van der Waals surface area contributed by atoms with Crippen LogP contribution < -0.4 is 4.74 Å². The predicted octanol–water partition coefficient (Wildman–Crippen LogP) is 6.72. The van der Waals surface area contributed by atoms with Crippen LogP contribution in [0.1, 0.15) is 41.8 Å². The number of hydrogen-bond donors (Lipinski definition) is 1. The number of aliphatic carboxylic acids is 1. The van der Waals surface area contributed by atoms with Crippen LogP contribution in [0.2, 0.25) is 19.6 Å². The van der Waals surface area contributed by atoms with Gasteiger partial charge in [-0.25, -0.2) is 9.78 Å². The van der Waals surface area contributed by atoms with Crippen LogP contribution in [0, 0.1) is 6.92 Å². The van der Waals surface area contributed by atoms with E-state index < -0.39 is 20.4 Å². The summed E-state index contributed by atoms with van der Waals surface area (Å²) in [5, 5.41) is 9.50. The molecule has 0 radical (unpaired) electrons. The van der Waals surface area contributed by atoms with Crippen LogP contribution in [-0.4, -0.2) is 57.9 Å². The minimum Gasteiger partial charge on any atom is -0.518 e. The van der Waals surface area contributed by atoms with Crippen molar-refractivity contribution in [1.82, 2.24) is 4.98 Å². The van der Waals surface area contributed by atoms with Crippen LogP contribution in [0.15, 0.2) is 65.2 Å². The van der Waals surface area contributed by atoms with Gasteiger partial charge in [-0.1, -0.05) is 24.3 Å². The van der Waals surface area contributed by atoms with Gasteiger partial charge in [-0.2, -0.15) is 0 Å². The van der Waals surface area contributed by atoms with E-state index in [1.165, 1.54) is 6.26 Å². The average Bonchev–Trinajstić information content (AvgIpc) is 3.54. The van der Waals surface area contributed by atoms with Gasteiger partial charge < -0.3 is 32.9 Å². The Bertz CT molecular complexity index is 1320. The van der Waals surface area contributed by atoms with Crippen molar-refractivity contribution in [1.29, 1.82) is 0 Å². The summed E-state index contributed by atoms with van der Waals surface area (Å²) in [7, 11) is 1.57. The third kappa shape index (κ3) is 9.39. The van der Waals surface area contributed by atoms with Crippen molar-refractivity contribution in [3.63, 3.8) is 0 Å². The molecule has 0 amide bonds. The molecule has 2 aromatic carbocycles. The molecule has 1 aliphatic carbocycles. The fourth-order valence-electron chi connectivity index (χ4n) is 4.71. The second-order valence-electron chi connectivity index (χ2n) is 10.8. The third-order valence-corrected chi connectivity index (χ3v) is 7.35. The maximum atomic E-state index is 11.6. The lowest BCUT2D eigenvalue weighted by atomic mass is 9.95. The first-order valence-corrected chi connectivity index (χ1v) is 17.5. The Morgan fingerprint density at radius 2 is 1.90 bits per heavy atom. The molecule has 2 unspecified atom stereocenters. The lowest BCUT2D eigenvalue weighted by Gasteiger charge is -2.20. The number of ether oxygens (including phenoxy) is 4. The zero-order valence-corrected chi connectivity index (χ0v) is 26.6. The Hall–Kier alpha value is -3.76. The number of rotatable bonds is 13. The maximum Gasteiger partial charge on any atom is 0.333 e. The molecule has 0 aliphatic heterocycles. The summed E-state index contributed by atoms with van der Waals surface area (Å²) >= 11 is 0. The molecule has 0 spiro atoms. The van der Waals surface area contributed by atoms with Gasteiger partial charge in [0.05, 0.1) is 26.5 Å². The average molecular weight is 598 g/mol. The predicted molar refractivity (Wildman–Crippen MR) is 163 cm³/mol. The van der Waals surface area contributed by atoms with Gasteiger partial charge >= 0.3 is 11.9 Å². The smallest absolute Gasteiger partial charge is 0.333 e. The highest BCUT2D eigenvalue weighted by molar-refractivity contribution is 6.70. The first kappa shape index (κ1) is 32.7. The lowest BCUT2D eigenvalue weighted by molar-refractivity contribution is -0.151. The molecule has 1 heterocycles. The normalized spacial score (nSPS) is 15.2. The molecule has 0 saturated heterocycles. The van der Waals surface area contributed by atoms with Gasteiger partial charge in [-0.3, -0.25) is 0 Å². The molecule has 1 N–H and O–H groups in total. The Balaban J connectivity index is 0.000000375. The first-order valence-electron chi connectivity index (χ1n) is 14.1. The van der Waals surface area contributed by atoms with Crippen LogP contribution in [-0.2, 0) is 36.3 Å². The highest BCUT2D eigenvalue weighted by Crippen LogP contribution is 2.38. The summed E-state index contributed by atoms with van der Waals surface area (Å²) in [5.74, 6) is 1.64. The number of aryl methyl sites for hydroxylation is 2. The number of benzene rings is 2. The van der Waals surface area contributed by atoms with Gasteiger partial charge in [0.2, 0.25) is 14.2 Å². The second-order valence-corrected chi connectivity index (χ2v) is 15.2. The summed E-state index contributed by atoms with van der Waals surface area (Å²) in [6, 6.07) is 15.7. The summed E-state index contributed by atoms with van der Waals surface area (Å²) in [5.41, 5.74) is 4.03. The Kier molecular flexibility index (Phi) is 12.1. The van der Waals surface area contributed by atoms with Gasteiger partial charge in [0.15, 0.2) is 12.4 Å². The van der Waals surface area contributed by atoms with Gasteiger partial charge in [0.1, 0.15) is 11.5 Å². The zero-order chi connectivity index (χ0) is 30.7. The molecule has 1 aromatic heterocycles. The van der Waals surface area contributed by atoms with Crippen molar-refractivity contribution in [2.45, 2.75) is 64.8 Å². The SMILES string of the molecule is CCOC(C(=O)O)C1CCc2cc(OCCc3nc(-c4ccccc4)oc3C)ccc21.CO/C=C(\OC)O[Si](C)(C)C. The van der Waals surface area contributed by atoms with E-state index >= 15 is 0 Å². The molecule has 4 rings (SSSR count). The molecule has 0 saturated carbocycles. The summed E-state index contributed by atoms with van der Waals surface area (Å²) in [4.78, 5) is 16.2. The molecule has 9 nitrogen and oxygen atoms in total. The van der Waals surface area contributed by atoms with Gasteiger partial charge in [-0.05, 0) is 81.7 Å². The largest absolute Gasteiger partial charge is 0.518 e. The number of hydrogen-bond acceptors (Lipinski definition) is 8. The van der Waals surface area contributed by atoms with Crippen LogP contribution in [0.25, 0.3) is 11.5 Å². The zero-order valence-electron chi connectivity index (χ0n) is 25.6. The maximum absolute atomic E-state index is 11.6. The fraction of sp³-hybridized carbons (Fsp3) is 0.438. The van der Waals surface area contributed by atoms with E-state index in [1.54, 1.807) is 14.2 Å². The molecule has 228 valence electrons. The molecular weight excluding hydrogens is 554 g/mol. The van der Waals surface area contributed by atoms with Crippen molar-refractivity contribution in [2.75, 3.05) is 27.4 Å². The standard InChI is InChI=1S/C25H27NO5.C7H16O3Si/c1-3-29-23(25(27)28)21-11-9-18-15-19(10-12-20(18)21)30-14-13-22-16(2)31-24(26-22)17-7-5-4-6-8-17;1-8-6-7(9-2)10-11(3,4)5/h4-8,10,12,15,21,23H,3,9,11,13-14H2,1-2H3,(H,27,28);6H,1-5H3/b;7-6+. The van der Waals surface area contributed by atoms with E-state index in [9.17, 15) is 9.90 Å². The van der Waals surface area contributed by atoms with Gasteiger partial charge in [0.25, 0.3) is 0 Å². The lowest BCUT2D eigenvalue weighted by Crippen LogP contribution is -2.30. The molecular formula is C32H43NO8Si. The molecule has 0 fully saturated rings. The Morgan fingerprint density at radius 3 is 2.52 bits per heavy atom. The quantitative estimate of drug-likeness (QED) is 0.170. The molecule has 0 bridgehead atoms. The first-order chi connectivity index (χ1) is 20.1. The van der Waals surface area contributed by atoms with Crippen molar-refractivity contribution in [3.05, 3.63) is 83.3 Å². The molecule has 2 atom stereocenters. The number of carboxylic acid groups (broad SMARTS) is 1. The van der Waals surface area contributed by atoms with E-state index in [-0.39, 0.29) is 5.92 Å². The van der Waals surface area contributed by atoms with Crippen LogP contribution in [0.4, 0.5) is 0 Å².